The normalized spacial score (nSPS) is 12.2. The Hall–Kier alpha value is -1.80. The average Bonchev–Trinajstić information content (AvgIpc) is 2.39. The quantitative estimate of drug-likeness (QED) is 0.899. The molecule has 0 bridgehead atoms. The Morgan fingerprint density at radius 2 is 1.79 bits per heavy atom. The third-order valence-electron chi connectivity index (χ3n) is 3.37. The molecule has 19 heavy (non-hydrogen) atoms. The highest BCUT2D eigenvalue weighted by molar-refractivity contribution is 5.37. The largest absolute Gasteiger partial charge is 0.489 e. The lowest BCUT2D eigenvalue weighted by Crippen LogP contribution is -2.05. The molecule has 0 amide bonds. The summed E-state index contributed by atoms with van der Waals surface area (Å²) in [6.45, 7) is 6.75. The standard InChI is InChI=1S/C17H21NO/c1-12-6-4-5-7-16(12)11-19-17-9-8-15(14(3)18)10-13(17)2/h4-10,14H,11,18H2,1-3H3. The number of nitrogens with two attached hydrogens (primary N) is 1. The van der Waals surface area contributed by atoms with Crippen molar-refractivity contribution in [3.63, 3.8) is 0 Å². The fraction of sp³-hybridized carbons (Fsp3) is 0.294. The van der Waals surface area contributed by atoms with Crippen LogP contribution in [0.3, 0.4) is 0 Å². The van der Waals surface area contributed by atoms with Gasteiger partial charge in [0.2, 0.25) is 0 Å². The van der Waals surface area contributed by atoms with Crippen molar-refractivity contribution in [1.82, 2.24) is 0 Å². The summed E-state index contributed by atoms with van der Waals surface area (Å²) in [5, 5.41) is 0. The molecule has 0 aliphatic carbocycles. The van der Waals surface area contributed by atoms with Crippen LogP contribution in [0.15, 0.2) is 42.5 Å². The Kier molecular flexibility index (Phi) is 4.23. The molecule has 0 fully saturated rings. The summed E-state index contributed by atoms with van der Waals surface area (Å²) in [4.78, 5) is 0. The van der Waals surface area contributed by atoms with Gasteiger partial charge >= 0.3 is 0 Å². The minimum absolute atomic E-state index is 0.0594. The van der Waals surface area contributed by atoms with E-state index in [0.717, 1.165) is 16.9 Å². The van der Waals surface area contributed by atoms with Gasteiger partial charge in [-0.2, -0.15) is 0 Å². The van der Waals surface area contributed by atoms with Gasteiger partial charge in [0.25, 0.3) is 0 Å². The van der Waals surface area contributed by atoms with E-state index in [9.17, 15) is 0 Å². The Labute approximate surface area is 115 Å². The zero-order valence-corrected chi connectivity index (χ0v) is 11.8. The van der Waals surface area contributed by atoms with Gasteiger partial charge < -0.3 is 10.5 Å². The first-order valence-electron chi connectivity index (χ1n) is 6.61. The van der Waals surface area contributed by atoms with Crippen LogP contribution in [-0.2, 0) is 6.61 Å². The highest BCUT2D eigenvalue weighted by atomic mass is 16.5. The van der Waals surface area contributed by atoms with Crippen molar-refractivity contribution in [3.05, 3.63) is 64.7 Å². The van der Waals surface area contributed by atoms with Crippen LogP contribution in [0.2, 0.25) is 0 Å². The van der Waals surface area contributed by atoms with E-state index in [1.807, 2.05) is 31.2 Å². The molecule has 1 atom stereocenters. The van der Waals surface area contributed by atoms with Gasteiger partial charge in [0.05, 0.1) is 0 Å². The topological polar surface area (TPSA) is 35.2 Å². The van der Waals surface area contributed by atoms with Crippen molar-refractivity contribution in [2.75, 3.05) is 0 Å². The predicted molar refractivity (Wildman–Crippen MR) is 79.3 cm³/mol. The second kappa shape index (κ2) is 5.89. The van der Waals surface area contributed by atoms with Gasteiger partial charge in [-0.1, -0.05) is 36.4 Å². The summed E-state index contributed by atoms with van der Waals surface area (Å²) in [5.41, 5.74) is 10.6. The van der Waals surface area contributed by atoms with Crippen molar-refractivity contribution in [3.8, 4) is 5.75 Å². The lowest BCUT2D eigenvalue weighted by Gasteiger charge is -2.13. The van der Waals surface area contributed by atoms with Crippen LogP contribution in [-0.4, -0.2) is 0 Å². The van der Waals surface area contributed by atoms with Crippen molar-refractivity contribution in [2.45, 2.75) is 33.4 Å². The van der Waals surface area contributed by atoms with Crippen LogP contribution >= 0.6 is 0 Å². The summed E-state index contributed by atoms with van der Waals surface area (Å²) >= 11 is 0. The van der Waals surface area contributed by atoms with Crippen LogP contribution in [0.1, 0.15) is 35.2 Å². The molecule has 0 aliphatic heterocycles. The number of rotatable bonds is 4. The fourth-order valence-electron chi connectivity index (χ4n) is 2.05. The Bertz CT molecular complexity index is 561. The van der Waals surface area contributed by atoms with Gasteiger partial charge in [0.15, 0.2) is 0 Å². The molecular formula is C17H21NO. The molecule has 0 aliphatic rings. The Morgan fingerprint density at radius 3 is 2.42 bits per heavy atom. The maximum Gasteiger partial charge on any atom is 0.122 e. The Morgan fingerprint density at radius 1 is 1.05 bits per heavy atom. The first-order chi connectivity index (χ1) is 9.08. The molecule has 0 radical (unpaired) electrons. The number of ether oxygens (including phenoxy) is 1. The zero-order valence-electron chi connectivity index (χ0n) is 11.8. The third-order valence-corrected chi connectivity index (χ3v) is 3.37. The molecule has 2 nitrogen and oxygen atoms in total. The van der Waals surface area contributed by atoms with E-state index in [-0.39, 0.29) is 6.04 Å². The summed E-state index contributed by atoms with van der Waals surface area (Å²) in [7, 11) is 0. The summed E-state index contributed by atoms with van der Waals surface area (Å²) in [6.07, 6.45) is 0. The first-order valence-corrected chi connectivity index (χ1v) is 6.61. The lowest BCUT2D eigenvalue weighted by atomic mass is 10.1. The number of aryl methyl sites for hydroxylation is 2. The predicted octanol–water partition coefficient (Wildman–Crippen LogP) is 3.90. The van der Waals surface area contributed by atoms with Crippen LogP contribution in [0.5, 0.6) is 5.75 Å². The van der Waals surface area contributed by atoms with Crippen LogP contribution in [0, 0.1) is 13.8 Å². The van der Waals surface area contributed by atoms with Gasteiger partial charge in [-0.15, -0.1) is 0 Å². The highest BCUT2D eigenvalue weighted by Gasteiger charge is 2.05. The molecule has 2 heteroatoms. The van der Waals surface area contributed by atoms with Crippen molar-refractivity contribution in [1.29, 1.82) is 0 Å². The summed E-state index contributed by atoms with van der Waals surface area (Å²) < 4.78 is 5.90. The lowest BCUT2D eigenvalue weighted by molar-refractivity contribution is 0.303. The van der Waals surface area contributed by atoms with E-state index in [1.165, 1.54) is 11.1 Å². The molecule has 0 spiro atoms. The SMILES string of the molecule is Cc1ccccc1COc1ccc(C(C)N)cc1C. The van der Waals surface area contributed by atoms with E-state index in [1.54, 1.807) is 0 Å². The number of hydrogen-bond donors (Lipinski definition) is 1. The smallest absolute Gasteiger partial charge is 0.122 e. The van der Waals surface area contributed by atoms with Crippen LogP contribution in [0.4, 0.5) is 0 Å². The molecule has 0 saturated carbocycles. The monoisotopic (exact) mass is 255 g/mol. The van der Waals surface area contributed by atoms with E-state index < -0.39 is 0 Å². The molecule has 2 aromatic rings. The minimum atomic E-state index is 0.0594. The molecule has 2 rings (SSSR count). The van der Waals surface area contributed by atoms with Crippen molar-refractivity contribution >= 4 is 0 Å². The second-order valence-electron chi connectivity index (χ2n) is 5.03. The molecule has 100 valence electrons. The molecule has 1 unspecified atom stereocenters. The fourth-order valence-corrected chi connectivity index (χ4v) is 2.05. The van der Waals surface area contributed by atoms with Gasteiger partial charge in [0.1, 0.15) is 12.4 Å². The summed E-state index contributed by atoms with van der Waals surface area (Å²) in [6, 6.07) is 14.5. The van der Waals surface area contributed by atoms with E-state index in [2.05, 4.69) is 32.0 Å². The van der Waals surface area contributed by atoms with E-state index in [0.29, 0.717) is 6.61 Å². The first kappa shape index (κ1) is 13.6. The Balaban J connectivity index is 2.10. The second-order valence-corrected chi connectivity index (χ2v) is 5.03. The maximum atomic E-state index is 5.90. The van der Waals surface area contributed by atoms with Gasteiger partial charge in [-0.3, -0.25) is 0 Å². The number of benzene rings is 2. The van der Waals surface area contributed by atoms with E-state index in [4.69, 9.17) is 10.5 Å². The summed E-state index contributed by atoms with van der Waals surface area (Å²) in [5.74, 6) is 0.924. The van der Waals surface area contributed by atoms with Gasteiger partial charge in [-0.05, 0) is 49.1 Å². The van der Waals surface area contributed by atoms with Crippen LogP contribution < -0.4 is 10.5 Å². The molecule has 2 N–H and O–H groups in total. The van der Waals surface area contributed by atoms with Crippen molar-refractivity contribution < 1.29 is 4.74 Å². The maximum absolute atomic E-state index is 5.90. The van der Waals surface area contributed by atoms with Gasteiger partial charge in [-0.25, -0.2) is 0 Å². The zero-order chi connectivity index (χ0) is 13.8. The van der Waals surface area contributed by atoms with E-state index >= 15 is 0 Å². The van der Waals surface area contributed by atoms with Crippen LogP contribution in [0.25, 0.3) is 0 Å². The molecule has 0 saturated heterocycles. The molecule has 2 aromatic carbocycles. The molecule has 0 aromatic heterocycles. The number of hydrogen-bond acceptors (Lipinski definition) is 2. The van der Waals surface area contributed by atoms with Gasteiger partial charge in [0, 0.05) is 6.04 Å². The minimum Gasteiger partial charge on any atom is -0.489 e. The molecular weight excluding hydrogens is 234 g/mol. The third kappa shape index (κ3) is 3.36. The highest BCUT2D eigenvalue weighted by Crippen LogP contribution is 2.23. The van der Waals surface area contributed by atoms with Crippen molar-refractivity contribution in [2.24, 2.45) is 5.73 Å². The molecule has 0 heterocycles. The average molecular weight is 255 g/mol.